The molecule has 0 amide bonds. The van der Waals surface area contributed by atoms with Crippen LogP contribution in [0.2, 0.25) is 0 Å². The lowest BCUT2D eigenvalue weighted by Gasteiger charge is -2.07. The Morgan fingerprint density at radius 3 is 1.93 bits per heavy atom. The van der Waals surface area contributed by atoms with Gasteiger partial charge in [0.15, 0.2) is 5.82 Å². The molecule has 1 fully saturated rings. The molecule has 5 rings (SSSR count). The lowest BCUT2D eigenvalue weighted by Crippen LogP contribution is -2.24. The Bertz CT molecular complexity index is 1590. The standard InChI is InChI=1S/C15H9F4N3O.C6H12.C5H4F3N3O/c1-22-6-12(17)8-2-10(11(16)3-9(8)15(22)23)14-20-4-7(5-21-14)13(18)19;1-2-4-6-5-3-1;6-5(7,8)3-2(9)1-10-11-4(3)12/h2-6,13H,1H3;1-6H2;1H,(H3,9,11,12). The summed E-state index contributed by atoms with van der Waals surface area (Å²) in [6.45, 7) is 0. The molecule has 4 aromatic rings. The molecule has 1 aromatic carbocycles. The molecule has 8 nitrogen and oxygen atoms in total. The second-order valence-corrected chi connectivity index (χ2v) is 9.06. The number of rotatable bonds is 2. The van der Waals surface area contributed by atoms with E-state index in [2.05, 4.69) is 15.1 Å². The zero-order chi connectivity index (χ0) is 30.3. The van der Waals surface area contributed by atoms with Gasteiger partial charge in [0.2, 0.25) is 0 Å². The van der Waals surface area contributed by atoms with E-state index in [9.17, 15) is 40.3 Å². The van der Waals surface area contributed by atoms with Crippen LogP contribution in [0.4, 0.5) is 36.4 Å². The number of aryl methyl sites for hydroxylation is 1. The lowest BCUT2D eigenvalue weighted by atomic mass is 10.0. The number of nitrogen functional groups attached to an aromatic ring is 1. The highest BCUT2D eigenvalue weighted by Gasteiger charge is 2.36. The van der Waals surface area contributed by atoms with Gasteiger partial charge in [0.25, 0.3) is 17.5 Å². The van der Waals surface area contributed by atoms with Crippen molar-refractivity contribution in [3.63, 3.8) is 0 Å². The Balaban J connectivity index is 0.000000212. The Kier molecular flexibility index (Phi) is 10.2. The third kappa shape index (κ3) is 7.89. The predicted octanol–water partition coefficient (Wildman–Crippen LogP) is 5.92. The van der Waals surface area contributed by atoms with E-state index >= 15 is 0 Å². The number of benzene rings is 1. The third-order valence-electron chi connectivity index (χ3n) is 6.06. The number of nitrogens with zero attached hydrogens (tertiary/aromatic N) is 4. The second kappa shape index (κ2) is 13.4. The van der Waals surface area contributed by atoms with E-state index < -0.39 is 52.2 Å². The zero-order valence-electron chi connectivity index (χ0n) is 21.6. The Morgan fingerprint density at radius 1 is 0.902 bits per heavy atom. The summed E-state index contributed by atoms with van der Waals surface area (Å²) in [6, 6.07) is 1.99. The van der Waals surface area contributed by atoms with E-state index in [1.807, 2.05) is 0 Å². The fourth-order valence-electron chi connectivity index (χ4n) is 3.96. The number of H-pyrrole nitrogens is 1. The first-order valence-corrected chi connectivity index (χ1v) is 12.3. The van der Waals surface area contributed by atoms with E-state index in [-0.39, 0.29) is 22.2 Å². The molecule has 0 saturated heterocycles. The molecule has 1 aliphatic carbocycles. The number of alkyl halides is 5. The first-order valence-electron chi connectivity index (χ1n) is 12.3. The Morgan fingerprint density at radius 2 is 1.46 bits per heavy atom. The number of aromatic nitrogens is 5. The van der Waals surface area contributed by atoms with Gasteiger partial charge < -0.3 is 10.3 Å². The summed E-state index contributed by atoms with van der Waals surface area (Å²) in [4.78, 5) is 29.8. The largest absolute Gasteiger partial charge is 0.423 e. The molecule has 0 aliphatic heterocycles. The second-order valence-electron chi connectivity index (χ2n) is 9.06. The number of aromatic amines is 1. The van der Waals surface area contributed by atoms with Crippen molar-refractivity contribution in [3.8, 4) is 11.4 Å². The molecule has 3 N–H and O–H groups in total. The van der Waals surface area contributed by atoms with Gasteiger partial charge in [0.05, 0.1) is 28.4 Å². The van der Waals surface area contributed by atoms with Gasteiger partial charge in [-0.25, -0.2) is 32.6 Å². The molecule has 1 saturated carbocycles. The van der Waals surface area contributed by atoms with Crippen molar-refractivity contribution in [3.05, 3.63) is 80.4 Å². The van der Waals surface area contributed by atoms with Gasteiger partial charge in [-0.3, -0.25) is 9.59 Å². The van der Waals surface area contributed by atoms with Crippen molar-refractivity contribution in [2.45, 2.75) is 51.1 Å². The molecule has 3 heterocycles. The van der Waals surface area contributed by atoms with E-state index in [4.69, 9.17) is 5.73 Å². The molecular formula is C26H25F7N6O2. The normalized spacial score (nSPS) is 13.3. The summed E-state index contributed by atoms with van der Waals surface area (Å²) in [5.74, 6) is -1.73. The van der Waals surface area contributed by atoms with E-state index in [0.29, 0.717) is 0 Å². The molecule has 220 valence electrons. The van der Waals surface area contributed by atoms with Crippen LogP contribution in [-0.4, -0.2) is 24.7 Å². The van der Waals surface area contributed by atoms with Gasteiger partial charge in [-0.1, -0.05) is 38.5 Å². The topological polar surface area (TPSA) is 120 Å². The zero-order valence-corrected chi connectivity index (χ0v) is 21.6. The number of nitrogens with one attached hydrogen (secondary N) is 1. The van der Waals surface area contributed by atoms with Crippen LogP contribution in [0.5, 0.6) is 0 Å². The van der Waals surface area contributed by atoms with Crippen LogP contribution in [0.3, 0.4) is 0 Å². The number of fused-ring (bicyclic) bond motifs is 1. The third-order valence-corrected chi connectivity index (χ3v) is 6.06. The summed E-state index contributed by atoms with van der Waals surface area (Å²) >= 11 is 0. The molecule has 0 unspecified atom stereocenters. The highest BCUT2D eigenvalue weighted by atomic mass is 19.4. The number of hydrogen-bond acceptors (Lipinski definition) is 6. The molecule has 1 aliphatic rings. The number of anilines is 1. The molecule has 0 bridgehead atoms. The summed E-state index contributed by atoms with van der Waals surface area (Å²) in [5, 5.41) is 4.52. The van der Waals surface area contributed by atoms with E-state index in [1.54, 1.807) is 5.10 Å². The first-order chi connectivity index (χ1) is 19.3. The van der Waals surface area contributed by atoms with Crippen molar-refractivity contribution >= 4 is 16.5 Å². The molecule has 3 aromatic heterocycles. The van der Waals surface area contributed by atoms with Gasteiger partial charge in [-0.05, 0) is 12.1 Å². The summed E-state index contributed by atoms with van der Waals surface area (Å²) in [6.07, 6.45) is 4.98. The fraction of sp³-hybridized carbons (Fsp3) is 0.346. The van der Waals surface area contributed by atoms with Crippen LogP contribution >= 0.6 is 0 Å². The number of halogens is 7. The maximum atomic E-state index is 14.2. The van der Waals surface area contributed by atoms with Crippen molar-refractivity contribution in [2.75, 3.05) is 5.73 Å². The number of pyridine rings is 1. The summed E-state index contributed by atoms with van der Waals surface area (Å²) in [7, 11) is 1.35. The maximum absolute atomic E-state index is 14.2. The van der Waals surface area contributed by atoms with Crippen LogP contribution in [0.15, 0.2) is 46.5 Å². The quantitative estimate of drug-likeness (QED) is 0.282. The molecule has 41 heavy (non-hydrogen) atoms. The van der Waals surface area contributed by atoms with Crippen LogP contribution in [0.25, 0.3) is 22.2 Å². The molecule has 15 heteroatoms. The van der Waals surface area contributed by atoms with Crippen molar-refractivity contribution < 1.29 is 30.7 Å². The average Bonchev–Trinajstić information content (AvgIpc) is 2.92. The Hall–Kier alpha value is -4.30. The molecule has 0 radical (unpaired) electrons. The van der Waals surface area contributed by atoms with Crippen LogP contribution in [-0.2, 0) is 13.2 Å². The Labute approximate surface area is 228 Å². The van der Waals surface area contributed by atoms with Gasteiger partial charge in [-0.15, -0.1) is 0 Å². The SMILES string of the molecule is C1CCCCC1.Cn1cc(F)c2cc(-c3ncc(C(F)F)cn3)c(F)cc2c1=O.Nc1cn[nH]c(=O)c1C(F)(F)F. The van der Waals surface area contributed by atoms with Crippen LogP contribution in [0.1, 0.15) is 56.1 Å². The molecule has 0 spiro atoms. The van der Waals surface area contributed by atoms with Crippen LogP contribution < -0.4 is 16.9 Å². The number of hydrogen-bond donors (Lipinski definition) is 2. The maximum Gasteiger partial charge on any atom is 0.423 e. The van der Waals surface area contributed by atoms with Gasteiger partial charge in [-0.2, -0.15) is 18.3 Å². The molecular weight excluding hydrogens is 561 g/mol. The van der Waals surface area contributed by atoms with Crippen molar-refractivity contribution in [1.82, 2.24) is 24.7 Å². The highest BCUT2D eigenvalue weighted by molar-refractivity contribution is 5.86. The fourth-order valence-corrected chi connectivity index (χ4v) is 3.96. The van der Waals surface area contributed by atoms with Crippen molar-refractivity contribution in [1.29, 1.82) is 0 Å². The minimum atomic E-state index is -4.74. The smallest absolute Gasteiger partial charge is 0.397 e. The lowest BCUT2D eigenvalue weighted by molar-refractivity contribution is -0.138. The van der Waals surface area contributed by atoms with Crippen LogP contribution in [0, 0.1) is 11.6 Å². The highest BCUT2D eigenvalue weighted by Crippen LogP contribution is 2.29. The monoisotopic (exact) mass is 586 g/mol. The average molecular weight is 587 g/mol. The summed E-state index contributed by atoms with van der Waals surface area (Å²) < 4.78 is 90.1. The van der Waals surface area contributed by atoms with E-state index in [0.717, 1.165) is 41.5 Å². The van der Waals surface area contributed by atoms with Crippen molar-refractivity contribution in [2.24, 2.45) is 7.05 Å². The molecule has 0 atom stereocenters. The minimum absolute atomic E-state index is 0.0916. The van der Waals surface area contributed by atoms with Gasteiger partial charge in [0, 0.05) is 31.0 Å². The van der Waals surface area contributed by atoms with E-state index in [1.165, 1.54) is 45.6 Å². The van der Waals surface area contributed by atoms with Gasteiger partial charge >= 0.3 is 6.18 Å². The van der Waals surface area contributed by atoms with Gasteiger partial charge in [0.1, 0.15) is 17.2 Å². The minimum Gasteiger partial charge on any atom is -0.397 e. The number of nitrogens with two attached hydrogens (primary N) is 1. The first kappa shape index (κ1) is 31.2. The predicted molar refractivity (Wildman–Crippen MR) is 137 cm³/mol. The summed E-state index contributed by atoms with van der Waals surface area (Å²) in [5.41, 5.74) is 0.356.